The van der Waals surface area contributed by atoms with E-state index < -0.39 is 0 Å². The minimum atomic E-state index is 0.818. The van der Waals surface area contributed by atoms with Crippen LogP contribution in [0.2, 0.25) is 0 Å². The van der Waals surface area contributed by atoms with Crippen LogP contribution in [0.4, 0.5) is 11.6 Å². The lowest BCUT2D eigenvalue weighted by Gasteiger charge is -2.32. The van der Waals surface area contributed by atoms with Gasteiger partial charge in [-0.1, -0.05) is 37.3 Å². The number of hydrogen-bond donors (Lipinski definition) is 0. The average Bonchev–Trinajstić information content (AvgIpc) is 2.64. The summed E-state index contributed by atoms with van der Waals surface area (Å²) >= 11 is 0. The van der Waals surface area contributed by atoms with Crippen molar-refractivity contribution in [1.82, 2.24) is 9.97 Å². The number of benzene rings is 1. The summed E-state index contributed by atoms with van der Waals surface area (Å²) in [5.41, 5.74) is 1.08. The highest BCUT2D eigenvalue weighted by atomic mass is 15.2. The second kappa shape index (κ2) is 7.65. The predicted molar refractivity (Wildman–Crippen MR) is 102 cm³/mol. The fraction of sp³-hybridized carbons (Fsp3) is 0.500. The van der Waals surface area contributed by atoms with Crippen molar-refractivity contribution in [2.24, 2.45) is 5.92 Å². The fourth-order valence-corrected chi connectivity index (χ4v) is 3.25. The van der Waals surface area contributed by atoms with Crippen LogP contribution in [0.5, 0.6) is 0 Å². The first-order valence-corrected chi connectivity index (χ1v) is 9.15. The van der Waals surface area contributed by atoms with Gasteiger partial charge in [-0.15, -0.1) is 0 Å². The molecule has 128 valence electrons. The number of nitrogens with zero attached hydrogens (tertiary/aromatic N) is 4. The van der Waals surface area contributed by atoms with Gasteiger partial charge in [0, 0.05) is 37.8 Å². The van der Waals surface area contributed by atoms with Crippen molar-refractivity contribution < 1.29 is 0 Å². The molecule has 1 aliphatic rings. The summed E-state index contributed by atoms with van der Waals surface area (Å²) in [4.78, 5) is 14.4. The predicted octanol–water partition coefficient (Wildman–Crippen LogP) is 4.23. The third kappa shape index (κ3) is 3.69. The van der Waals surface area contributed by atoms with Crippen LogP contribution in [0.25, 0.3) is 11.4 Å². The van der Waals surface area contributed by atoms with Crippen molar-refractivity contribution in [1.29, 1.82) is 0 Å². The zero-order valence-corrected chi connectivity index (χ0v) is 15.1. The molecule has 1 saturated heterocycles. The topological polar surface area (TPSA) is 32.3 Å². The monoisotopic (exact) mass is 324 g/mol. The average molecular weight is 324 g/mol. The van der Waals surface area contributed by atoms with Gasteiger partial charge >= 0.3 is 0 Å². The summed E-state index contributed by atoms with van der Waals surface area (Å²) in [5.74, 6) is 3.74. The first-order valence-electron chi connectivity index (χ1n) is 9.15. The maximum Gasteiger partial charge on any atom is 0.163 e. The highest BCUT2D eigenvalue weighted by Crippen LogP contribution is 2.27. The zero-order chi connectivity index (χ0) is 16.9. The molecule has 0 atom stereocenters. The van der Waals surface area contributed by atoms with Gasteiger partial charge in [-0.25, -0.2) is 9.97 Å². The molecule has 1 aromatic carbocycles. The van der Waals surface area contributed by atoms with E-state index in [4.69, 9.17) is 9.97 Å². The summed E-state index contributed by atoms with van der Waals surface area (Å²) in [6, 6.07) is 12.5. The number of piperidine rings is 1. The van der Waals surface area contributed by atoms with Crippen molar-refractivity contribution in [3.8, 4) is 11.4 Å². The molecular weight excluding hydrogens is 296 g/mol. The third-order valence-electron chi connectivity index (χ3n) is 4.93. The van der Waals surface area contributed by atoms with E-state index in [0.717, 1.165) is 55.1 Å². The van der Waals surface area contributed by atoms with Crippen LogP contribution in [0.3, 0.4) is 0 Å². The summed E-state index contributed by atoms with van der Waals surface area (Å²) in [6.07, 6.45) is 2.48. The molecule has 0 amide bonds. The highest BCUT2D eigenvalue weighted by Gasteiger charge is 2.19. The number of aromatic nitrogens is 2. The summed E-state index contributed by atoms with van der Waals surface area (Å²) in [5, 5.41) is 0. The van der Waals surface area contributed by atoms with Gasteiger partial charge in [0.25, 0.3) is 0 Å². The van der Waals surface area contributed by atoms with E-state index in [1.807, 2.05) is 18.2 Å². The SMILES string of the molecule is CCN(CC)c1cc(N2CCC(C)CC2)nc(-c2ccccc2)n1. The van der Waals surface area contributed by atoms with Gasteiger partial charge in [0.05, 0.1) is 0 Å². The van der Waals surface area contributed by atoms with Crippen LogP contribution in [-0.4, -0.2) is 36.1 Å². The van der Waals surface area contributed by atoms with E-state index in [2.05, 4.69) is 48.8 Å². The Labute approximate surface area is 145 Å². The third-order valence-corrected chi connectivity index (χ3v) is 4.93. The summed E-state index contributed by atoms with van der Waals surface area (Å²) < 4.78 is 0. The lowest BCUT2D eigenvalue weighted by atomic mass is 9.99. The van der Waals surface area contributed by atoms with Crippen molar-refractivity contribution in [2.45, 2.75) is 33.6 Å². The molecule has 2 heterocycles. The van der Waals surface area contributed by atoms with Gasteiger partial charge in [0.2, 0.25) is 0 Å². The molecule has 0 aliphatic carbocycles. The molecule has 24 heavy (non-hydrogen) atoms. The molecule has 0 N–H and O–H groups in total. The number of hydrogen-bond acceptors (Lipinski definition) is 4. The lowest BCUT2D eigenvalue weighted by molar-refractivity contribution is 0.436. The van der Waals surface area contributed by atoms with Crippen LogP contribution in [0.1, 0.15) is 33.6 Å². The molecule has 0 spiro atoms. The van der Waals surface area contributed by atoms with Crippen molar-refractivity contribution in [2.75, 3.05) is 36.0 Å². The van der Waals surface area contributed by atoms with E-state index in [0.29, 0.717) is 0 Å². The Hall–Kier alpha value is -2.10. The Balaban J connectivity index is 1.99. The Morgan fingerprint density at radius 2 is 1.71 bits per heavy atom. The molecule has 1 aromatic heterocycles. The van der Waals surface area contributed by atoms with Crippen LogP contribution in [-0.2, 0) is 0 Å². The van der Waals surface area contributed by atoms with Crippen LogP contribution in [0, 0.1) is 5.92 Å². The normalized spacial score (nSPS) is 15.5. The Kier molecular flexibility index (Phi) is 5.34. The van der Waals surface area contributed by atoms with E-state index in [9.17, 15) is 0 Å². The quantitative estimate of drug-likeness (QED) is 0.824. The van der Waals surface area contributed by atoms with Gasteiger partial charge in [-0.3, -0.25) is 0 Å². The minimum Gasteiger partial charge on any atom is -0.357 e. The van der Waals surface area contributed by atoms with E-state index in [1.165, 1.54) is 12.8 Å². The smallest absolute Gasteiger partial charge is 0.163 e. The van der Waals surface area contributed by atoms with Crippen molar-refractivity contribution >= 4 is 11.6 Å². The minimum absolute atomic E-state index is 0.818. The summed E-state index contributed by atoms with van der Waals surface area (Å²) in [6.45, 7) is 10.8. The Morgan fingerprint density at radius 3 is 2.33 bits per heavy atom. The number of anilines is 2. The number of rotatable bonds is 5. The fourth-order valence-electron chi connectivity index (χ4n) is 3.25. The Morgan fingerprint density at radius 1 is 1.04 bits per heavy atom. The Bertz CT molecular complexity index is 644. The van der Waals surface area contributed by atoms with Crippen molar-refractivity contribution in [3.63, 3.8) is 0 Å². The molecule has 0 radical (unpaired) electrons. The van der Waals surface area contributed by atoms with Gasteiger partial charge in [0.1, 0.15) is 11.6 Å². The molecule has 0 saturated carbocycles. The molecule has 3 rings (SSSR count). The standard InChI is InChI=1S/C20H28N4/c1-4-23(5-2)18-15-19(24-13-11-16(3)12-14-24)22-20(21-18)17-9-7-6-8-10-17/h6-10,15-16H,4-5,11-14H2,1-3H3. The first kappa shape index (κ1) is 16.7. The largest absolute Gasteiger partial charge is 0.357 e. The second-order valence-electron chi connectivity index (χ2n) is 6.62. The highest BCUT2D eigenvalue weighted by molar-refractivity contribution is 5.62. The van der Waals surface area contributed by atoms with Crippen LogP contribution < -0.4 is 9.80 Å². The molecular formula is C20H28N4. The van der Waals surface area contributed by atoms with E-state index >= 15 is 0 Å². The maximum absolute atomic E-state index is 4.89. The molecule has 0 unspecified atom stereocenters. The van der Waals surface area contributed by atoms with Gasteiger partial charge in [-0.2, -0.15) is 0 Å². The summed E-state index contributed by atoms with van der Waals surface area (Å²) in [7, 11) is 0. The van der Waals surface area contributed by atoms with E-state index in [-0.39, 0.29) is 0 Å². The maximum atomic E-state index is 4.89. The molecule has 0 bridgehead atoms. The molecule has 4 heteroatoms. The first-order chi connectivity index (χ1) is 11.7. The van der Waals surface area contributed by atoms with Gasteiger partial charge in [0.15, 0.2) is 5.82 Å². The van der Waals surface area contributed by atoms with Crippen LogP contribution >= 0.6 is 0 Å². The molecule has 1 aliphatic heterocycles. The van der Waals surface area contributed by atoms with Crippen molar-refractivity contribution in [3.05, 3.63) is 36.4 Å². The van der Waals surface area contributed by atoms with Gasteiger partial charge in [-0.05, 0) is 32.6 Å². The molecule has 2 aromatic rings. The van der Waals surface area contributed by atoms with Gasteiger partial charge < -0.3 is 9.80 Å². The molecule has 4 nitrogen and oxygen atoms in total. The molecule has 1 fully saturated rings. The second-order valence-corrected chi connectivity index (χ2v) is 6.62. The van der Waals surface area contributed by atoms with Crippen LogP contribution in [0.15, 0.2) is 36.4 Å². The lowest BCUT2D eigenvalue weighted by Crippen LogP contribution is -2.34. The van der Waals surface area contributed by atoms with E-state index in [1.54, 1.807) is 0 Å². The zero-order valence-electron chi connectivity index (χ0n) is 15.1.